The second kappa shape index (κ2) is 5.67. The monoisotopic (exact) mass is 307 g/mol. The zero-order valence-corrected chi connectivity index (χ0v) is 12.3. The average Bonchev–Trinajstić information content (AvgIpc) is 2.76. The van der Waals surface area contributed by atoms with Crippen molar-refractivity contribution in [3.63, 3.8) is 0 Å². The van der Waals surface area contributed by atoms with Crippen LogP contribution in [-0.4, -0.2) is 9.55 Å². The number of benzene rings is 1. The lowest BCUT2D eigenvalue weighted by Gasteiger charge is -2.16. The first-order valence-corrected chi connectivity index (χ1v) is 6.91. The number of halogens is 1. The molecular formula is C14H18BrN3. The van der Waals surface area contributed by atoms with Crippen LogP contribution in [0.15, 0.2) is 41.3 Å². The van der Waals surface area contributed by atoms with E-state index >= 15 is 0 Å². The van der Waals surface area contributed by atoms with E-state index < -0.39 is 0 Å². The van der Waals surface area contributed by atoms with Crippen LogP contribution in [0.4, 0.5) is 0 Å². The molecule has 0 amide bonds. The Bertz CT molecular complexity index is 519. The Morgan fingerprint density at radius 3 is 2.83 bits per heavy atom. The standard InChI is InChI=1S/C14H18BrN3/c1-10(2)6-13(16)14-8-17-9-18(14)12-5-3-4-11(15)7-12/h3-5,7-10,13H,6,16H2,1-2H3. The van der Waals surface area contributed by atoms with Crippen molar-refractivity contribution in [2.75, 3.05) is 0 Å². The summed E-state index contributed by atoms with van der Waals surface area (Å²) < 4.78 is 3.11. The van der Waals surface area contributed by atoms with Crippen LogP contribution in [0, 0.1) is 5.92 Å². The summed E-state index contributed by atoms with van der Waals surface area (Å²) in [5.74, 6) is 0.575. The molecule has 2 rings (SSSR count). The minimum atomic E-state index is 0.0199. The first kappa shape index (κ1) is 13.3. The fourth-order valence-corrected chi connectivity index (χ4v) is 2.44. The van der Waals surface area contributed by atoms with Crippen molar-refractivity contribution in [3.05, 3.63) is 47.0 Å². The van der Waals surface area contributed by atoms with Gasteiger partial charge in [-0.15, -0.1) is 0 Å². The molecular weight excluding hydrogens is 290 g/mol. The molecule has 96 valence electrons. The van der Waals surface area contributed by atoms with Crippen LogP contribution < -0.4 is 5.73 Å². The molecule has 0 aliphatic carbocycles. The summed E-state index contributed by atoms with van der Waals surface area (Å²) in [6, 6.07) is 8.16. The molecule has 0 bridgehead atoms. The van der Waals surface area contributed by atoms with Crippen molar-refractivity contribution in [2.24, 2.45) is 11.7 Å². The zero-order valence-electron chi connectivity index (χ0n) is 10.7. The van der Waals surface area contributed by atoms with Crippen LogP contribution in [0.5, 0.6) is 0 Å². The third kappa shape index (κ3) is 3.00. The van der Waals surface area contributed by atoms with Gasteiger partial charge < -0.3 is 10.3 Å². The normalized spacial score (nSPS) is 12.9. The van der Waals surface area contributed by atoms with E-state index in [1.165, 1.54) is 0 Å². The first-order chi connectivity index (χ1) is 8.58. The molecule has 1 unspecified atom stereocenters. The van der Waals surface area contributed by atoms with Crippen molar-refractivity contribution in [3.8, 4) is 5.69 Å². The van der Waals surface area contributed by atoms with Gasteiger partial charge >= 0.3 is 0 Å². The van der Waals surface area contributed by atoms with Gasteiger partial charge in [-0.2, -0.15) is 0 Å². The summed E-state index contributed by atoms with van der Waals surface area (Å²) in [5.41, 5.74) is 8.38. The highest BCUT2D eigenvalue weighted by Gasteiger charge is 2.14. The van der Waals surface area contributed by atoms with Crippen molar-refractivity contribution in [1.82, 2.24) is 9.55 Å². The number of nitrogens with zero attached hydrogens (tertiary/aromatic N) is 2. The number of aromatic nitrogens is 2. The van der Waals surface area contributed by atoms with E-state index in [4.69, 9.17) is 5.73 Å². The molecule has 2 N–H and O–H groups in total. The SMILES string of the molecule is CC(C)CC(N)c1cncn1-c1cccc(Br)c1. The number of hydrogen-bond donors (Lipinski definition) is 1. The molecule has 0 spiro atoms. The molecule has 3 nitrogen and oxygen atoms in total. The van der Waals surface area contributed by atoms with Crippen molar-refractivity contribution in [1.29, 1.82) is 0 Å². The van der Waals surface area contributed by atoms with E-state index in [0.29, 0.717) is 5.92 Å². The lowest BCUT2D eigenvalue weighted by molar-refractivity contribution is 0.498. The van der Waals surface area contributed by atoms with Crippen molar-refractivity contribution >= 4 is 15.9 Å². The Morgan fingerprint density at radius 2 is 2.17 bits per heavy atom. The van der Waals surface area contributed by atoms with Gasteiger partial charge in [0.2, 0.25) is 0 Å². The Morgan fingerprint density at radius 1 is 1.39 bits per heavy atom. The van der Waals surface area contributed by atoms with Crippen LogP contribution >= 0.6 is 15.9 Å². The molecule has 1 aromatic heterocycles. The molecule has 0 saturated heterocycles. The number of rotatable bonds is 4. The van der Waals surface area contributed by atoms with Crippen LogP contribution in [0.25, 0.3) is 5.69 Å². The van der Waals surface area contributed by atoms with Gasteiger partial charge in [0.15, 0.2) is 0 Å². The third-order valence-electron chi connectivity index (χ3n) is 2.86. The predicted molar refractivity (Wildman–Crippen MR) is 77.6 cm³/mol. The van der Waals surface area contributed by atoms with Gasteiger partial charge in [-0.3, -0.25) is 0 Å². The van der Waals surface area contributed by atoms with Gasteiger partial charge in [0.25, 0.3) is 0 Å². The summed E-state index contributed by atoms with van der Waals surface area (Å²) >= 11 is 3.48. The molecule has 0 aliphatic heterocycles. The van der Waals surface area contributed by atoms with Crippen LogP contribution in [0.1, 0.15) is 32.0 Å². The van der Waals surface area contributed by atoms with E-state index in [-0.39, 0.29) is 6.04 Å². The molecule has 1 aromatic carbocycles. The second-order valence-electron chi connectivity index (χ2n) is 4.90. The van der Waals surface area contributed by atoms with E-state index in [2.05, 4.69) is 51.5 Å². The highest BCUT2D eigenvalue weighted by Crippen LogP contribution is 2.23. The van der Waals surface area contributed by atoms with Crippen molar-refractivity contribution in [2.45, 2.75) is 26.3 Å². The van der Waals surface area contributed by atoms with Gasteiger partial charge in [-0.05, 0) is 30.5 Å². The predicted octanol–water partition coefficient (Wildman–Crippen LogP) is 3.68. The van der Waals surface area contributed by atoms with Crippen LogP contribution in [-0.2, 0) is 0 Å². The molecule has 4 heteroatoms. The quantitative estimate of drug-likeness (QED) is 0.936. The Kier molecular flexibility index (Phi) is 4.19. The summed E-state index contributed by atoms with van der Waals surface area (Å²) in [7, 11) is 0. The fraction of sp³-hybridized carbons (Fsp3) is 0.357. The molecule has 2 aromatic rings. The minimum Gasteiger partial charge on any atom is -0.323 e. The number of nitrogens with two attached hydrogens (primary N) is 1. The lowest BCUT2D eigenvalue weighted by Crippen LogP contribution is -2.16. The van der Waals surface area contributed by atoms with Crippen LogP contribution in [0.3, 0.4) is 0 Å². The molecule has 0 fully saturated rings. The summed E-state index contributed by atoms with van der Waals surface area (Å²) in [4.78, 5) is 4.22. The molecule has 1 heterocycles. The Hall–Kier alpha value is -1.13. The maximum absolute atomic E-state index is 6.24. The number of hydrogen-bond acceptors (Lipinski definition) is 2. The molecule has 0 radical (unpaired) electrons. The van der Waals surface area contributed by atoms with Gasteiger partial charge in [-0.25, -0.2) is 4.98 Å². The Balaban J connectivity index is 2.33. The smallest absolute Gasteiger partial charge is 0.0994 e. The van der Waals surface area contributed by atoms with Crippen molar-refractivity contribution < 1.29 is 0 Å². The van der Waals surface area contributed by atoms with Crippen LogP contribution in [0.2, 0.25) is 0 Å². The maximum Gasteiger partial charge on any atom is 0.0994 e. The van der Waals surface area contributed by atoms with E-state index in [0.717, 1.165) is 22.3 Å². The molecule has 18 heavy (non-hydrogen) atoms. The largest absolute Gasteiger partial charge is 0.323 e. The van der Waals surface area contributed by atoms with E-state index in [1.54, 1.807) is 0 Å². The molecule has 1 atom stereocenters. The topological polar surface area (TPSA) is 43.8 Å². The highest BCUT2D eigenvalue weighted by molar-refractivity contribution is 9.10. The third-order valence-corrected chi connectivity index (χ3v) is 3.35. The second-order valence-corrected chi connectivity index (χ2v) is 5.82. The molecule has 0 saturated carbocycles. The number of imidazole rings is 1. The molecule has 0 aliphatic rings. The van der Waals surface area contributed by atoms with Gasteiger partial charge in [0.1, 0.15) is 0 Å². The maximum atomic E-state index is 6.24. The average molecular weight is 308 g/mol. The lowest BCUT2D eigenvalue weighted by atomic mass is 10.0. The van der Waals surface area contributed by atoms with E-state index in [9.17, 15) is 0 Å². The fourth-order valence-electron chi connectivity index (χ4n) is 2.05. The van der Waals surface area contributed by atoms with Gasteiger partial charge in [0.05, 0.1) is 18.2 Å². The first-order valence-electron chi connectivity index (χ1n) is 6.11. The zero-order chi connectivity index (χ0) is 13.1. The Labute approximate surface area is 116 Å². The highest BCUT2D eigenvalue weighted by atomic mass is 79.9. The van der Waals surface area contributed by atoms with E-state index in [1.807, 2.05) is 24.7 Å². The summed E-state index contributed by atoms with van der Waals surface area (Å²) in [6.07, 6.45) is 4.63. The van der Waals surface area contributed by atoms with Gasteiger partial charge in [-0.1, -0.05) is 35.8 Å². The summed E-state index contributed by atoms with van der Waals surface area (Å²) in [5, 5.41) is 0. The van der Waals surface area contributed by atoms with Gasteiger partial charge in [0, 0.05) is 16.2 Å². The minimum absolute atomic E-state index is 0.0199. The summed E-state index contributed by atoms with van der Waals surface area (Å²) in [6.45, 7) is 4.36.